The molecule has 0 saturated carbocycles. The van der Waals surface area contributed by atoms with Crippen molar-refractivity contribution in [2.75, 3.05) is 39.2 Å². The lowest BCUT2D eigenvalue weighted by atomic mass is 10.1. The SMILES string of the molecule is COc1cc(N2Cc3cncn3[C@H](CN(C)C)C2)ncn1. The zero-order valence-corrected chi connectivity index (χ0v) is 12.6. The van der Waals surface area contributed by atoms with Gasteiger partial charge in [0.1, 0.15) is 12.1 Å². The molecule has 112 valence electrons. The highest BCUT2D eigenvalue weighted by Gasteiger charge is 2.26. The standard InChI is InChI=1S/C14H20N6O/c1-18(2)6-12-8-19(7-11-5-15-10-20(11)12)13-4-14(21-3)17-9-16-13/h4-5,9-10,12H,6-8H2,1-3H3/t12-/m1/s1. The van der Waals surface area contributed by atoms with Crippen LogP contribution < -0.4 is 9.64 Å². The normalized spacial score (nSPS) is 17.9. The van der Waals surface area contributed by atoms with E-state index in [0.717, 1.165) is 25.5 Å². The molecule has 0 fully saturated rings. The molecule has 0 saturated heterocycles. The Morgan fingerprint density at radius 2 is 2.24 bits per heavy atom. The van der Waals surface area contributed by atoms with Gasteiger partial charge in [-0.25, -0.2) is 15.0 Å². The van der Waals surface area contributed by atoms with E-state index in [9.17, 15) is 0 Å². The third-order valence-corrected chi connectivity index (χ3v) is 3.66. The number of hydrogen-bond donors (Lipinski definition) is 0. The molecule has 0 N–H and O–H groups in total. The summed E-state index contributed by atoms with van der Waals surface area (Å²) in [6.07, 6.45) is 5.38. The first-order valence-corrected chi connectivity index (χ1v) is 6.94. The fraction of sp³-hybridized carbons (Fsp3) is 0.500. The lowest BCUT2D eigenvalue weighted by Gasteiger charge is -2.36. The van der Waals surface area contributed by atoms with E-state index in [-0.39, 0.29) is 0 Å². The highest BCUT2D eigenvalue weighted by molar-refractivity contribution is 5.42. The topological polar surface area (TPSA) is 59.3 Å². The molecule has 0 aliphatic carbocycles. The average molecular weight is 288 g/mol. The van der Waals surface area contributed by atoms with Crippen LogP contribution in [0.1, 0.15) is 11.7 Å². The second-order valence-electron chi connectivity index (χ2n) is 5.51. The maximum atomic E-state index is 5.19. The van der Waals surface area contributed by atoms with E-state index in [1.54, 1.807) is 13.4 Å². The zero-order chi connectivity index (χ0) is 14.8. The number of methoxy groups -OCH3 is 1. The predicted octanol–water partition coefficient (Wildman–Crippen LogP) is 0.805. The summed E-state index contributed by atoms with van der Waals surface area (Å²) in [5.41, 5.74) is 1.20. The Kier molecular flexibility index (Phi) is 3.74. The van der Waals surface area contributed by atoms with Gasteiger partial charge in [0.15, 0.2) is 0 Å². The van der Waals surface area contributed by atoms with Gasteiger partial charge in [0.25, 0.3) is 0 Å². The summed E-state index contributed by atoms with van der Waals surface area (Å²) < 4.78 is 7.45. The number of anilines is 1. The van der Waals surface area contributed by atoms with Crippen molar-refractivity contribution in [3.8, 4) is 5.88 Å². The van der Waals surface area contributed by atoms with Gasteiger partial charge in [-0.2, -0.15) is 0 Å². The molecule has 3 rings (SSSR count). The molecule has 0 radical (unpaired) electrons. The van der Waals surface area contributed by atoms with Gasteiger partial charge in [-0.1, -0.05) is 0 Å². The first-order chi connectivity index (χ1) is 10.2. The number of ether oxygens (including phenoxy) is 1. The molecular weight excluding hydrogens is 268 g/mol. The average Bonchev–Trinajstić information content (AvgIpc) is 2.95. The van der Waals surface area contributed by atoms with Crippen LogP contribution in [0.15, 0.2) is 24.9 Å². The van der Waals surface area contributed by atoms with Crippen molar-refractivity contribution in [3.05, 3.63) is 30.6 Å². The molecular formula is C14H20N6O. The Morgan fingerprint density at radius 1 is 1.38 bits per heavy atom. The summed E-state index contributed by atoms with van der Waals surface area (Å²) in [7, 11) is 5.79. The van der Waals surface area contributed by atoms with Crippen LogP contribution in [0, 0.1) is 0 Å². The van der Waals surface area contributed by atoms with E-state index in [1.165, 1.54) is 5.69 Å². The maximum Gasteiger partial charge on any atom is 0.218 e. The molecule has 1 aliphatic heterocycles. The highest BCUT2D eigenvalue weighted by Crippen LogP contribution is 2.26. The number of aromatic nitrogens is 4. The molecule has 1 atom stereocenters. The van der Waals surface area contributed by atoms with Gasteiger partial charge in [-0.05, 0) is 14.1 Å². The Labute approximate surface area is 124 Å². The number of imidazole rings is 1. The third-order valence-electron chi connectivity index (χ3n) is 3.66. The molecule has 0 bridgehead atoms. The Morgan fingerprint density at radius 3 is 3.00 bits per heavy atom. The van der Waals surface area contributed by atoms with Crippen LogP contribution in [-0.4, -0.2) is 58.7 Å². The molecule has 0 aromatic carbocycles. The minimum Gasteiger partial charge on any atom is -0.481 e. The van der Waals surface area contributed by atoms with Crippen molar-refractivity contribution in [3.63, 3.8) is 0 Å². The Balaban J connectivity index is 1.88. The van der Waals surface area contributed by atoms with Gasteiger partial charge in [0.2, 0.25) is 5.88 Å². The number of fused-ring (bicyclic) bond motifs is 1. The van der Waals surface area contributed by atoms with Crippen LogP contribution in [0.5, 0.6) is 5.88 Å². The van der Waals surface area contributed by atoms with Gasteiger partial charge in [-0.3, -0.25) is 0 Å². The molecule has 0 amide bonds. The van der Waals surface area contributed by atoms with Crippen LogP contribution in [-0.2, 0) is 6.54 Å². The summed E-state index contributed by atoms with van der Waals surface area (Å²) in [5, 5.41) is 0. The van der Waals surface area contributed by atoms with Crippen molar-refractivity contribution in [1.82, 2.24) is 24.4 Å². The van der Waals surface area contributed by atoms with E-state index in [2.05, 4.69) is 43.4 Å². The van der Waals surface area contributed by atoms with Gasteiger partial charge in [-0.15, -0.1) is 0 Å². The van der Waals surface area contributed by atoms with Crippen LogP contribution in [0.4, 0.5) is 5.82 Å². The molecule has 0 unspecified atom stereocenters. The maximum absolute atomic E-state index is 5.19. The largest absolute Gasteiger partial charge is 0.481 e. The van der Waals surface area contributed by atoms with E-state index >= 15 is 0 Å². The number of hydrogen-bond acceptors (Lipinski definition) is 6. The number of nitrogens with zero attached hydrogens (tertiary/aromatic N) is 6. The molecule has 2 aromatic rings. The smallest absolute Gasteiger partial charge is 0.218 e. The summed E-state index contributed by atoms with van der Waals surface area (Å²) in [6.45, 7) is 2.65. The minimum absolute atomic E-state index is 0.354. The third kappa shape index (κ3) is 2.82. The van der Waals surface area contributed by atoms with Gasteiger partial charge < -0.3 is 19.1 Å². The molecule has 3 heterocycles. The lowest BCUT2D eigenvalue weighted by Crippen LogP contribution is -2.41. The first-order valence-electron chi connectivity index (χ1n) is 6.94. The fourth-order valence-electron chi connectivity index (χ4n) is 2.74. The minimum atomic E-state index is 0.354. The summed E-state index contributed by atoms with van der Waals surface area (Å²) in [6, 6.07) is 2.23. The van der Waals surface area contributed by atoms with Crippen molar-refractivity contribution in [2.45, 2.75) is 12.6 Å². The second-order valence-corrected chi connectivity index (χ2v) is 5.51. The van der Waals surface area contributed by atoms with Crippen LogP contribution >= 0.6 is 0 Å². The summed E-state index contributed by atoms with van der Waals surface area (Å²) >= 11 is 0. The quantitative estimate of drug-likeness (QED) is 0.829. The van der Waals surface area contributed by atoms with E-state index in [4.69, 9.17) is 4.74 Å². The van der Waals surface area contributed by atoms with Gasteiger partial charge in [0, 0.05) is 25.4 Å². The number of rotatable bonds is 4. The van der Waals surface area contributed by atoms with Crippen molar-refractivity contribution in [2.24, 2.45) is 0 Å². The molecule has 7 nitrogen and oxygen atoms in total. The van der Waals surface area contributed by atoms with Gasteiger partial charge >= 0.3 is 0 Å². The second kappa shape index (κ2) is 5.69. The van der Waals surface area contributed by atoms with Crippen molar-refractivity contribution in [1.29, 1.82) is 0 Å². The van der Waals surface area contributed by atoms with Crippen LogP contribution in [0.25, 0.3) is 0 Å². The molecule has 21 heavy (non-hydrogen) atoms. The van der Waals surface area contributed by atoms with Crippen LogP contribution in [0.2, 0.25) is 0 Å². The van der Waals surface area contributed by atoms with Crippen molar-refractivity contribution >= 4 is 5.82 Å². The Bertz CT molecular complexity index is 611. The summed E-state index contributed by atoms with van der Waals surface area (Å²) in [5.74, 6) is 1.47. The number of likely N-dealkylation sites (N-methyl/N-ethyl adjacent to an activating group) is 1. The van der Waals surface area contributed by atoms with E-state index < -0.39 is 0 Å². The first kappa shape index (κ1) is 13.8. The van der Waals surface area contributed by atoms with Gasteiger partial charge in [0.05, 0.1) is 31.7 Å². The molecule has 2 aromatic heterocycles. The predicted molar refractivity (Wildman–Crippen MR) is 79.5 cm³/mol. The Hall–Kier alpha value is -2.15. The molecule has 1 aliphatic rings. The zero-order valence-electron chi connectivity index (χ0n) is 12.6. The fourth-order valence-corrected chi connectivity index (χ4v) is 2.74. The van der Waals surface area contributed by atoms with Crippen molar-refractivity contribution < 1.29 is 4.74 Å². The van der Waals surface area contributed by atoms with E-state index in [1.807, 2.05) is 18.6 Å². The summed E-state index contributed by atoms with van der Waals surface area (Å²) in [4.78, 5) is 17.2. The molecule has 0 spiro atoms. The highest BCUT2D eigenvalue weighted by atomic mass is 16.5. The van der Waals surface area contributed by atoms with E-state index in [0.29, 0.717) is 11.9 Å². The van der Waals surface area contributed by atoms with Crippen LogP contribution in [0.3, 0.4) is 0 Å². The lowest BCUT2D eigenvalue weighted by molar-refractivity contribution is 0.304. The monoisotopic (exact) mass is 288 g/mol. The molecule has 7 heteroatoms.